The van der Waals surface area contributed by atoms with E-state index in [2.05, 4.69) is 11.4 Å². The number of nitro benzene ring substituents is 1. The Morgan fingerprint density at radius 1 is 1.08 bits per heavy atom. The van der Waals surface area contributed by atoms with Crippen molar-refractivity contribution in [2.45, 2.75) is 31.2 Å². The van der Waals surface area contributed by atoms with E-state index in [4.69, 9.17) is 11.6 Å². The van der Waals surface area contributed by atoms with Crippen molar-refractivity contribution >= 4 is 23.0 Å². The smallest absolute Gasteiger partial charge is 0.269 e. The van der Waals surface area contributed by atoms with E-state index < -0.39 is 0 Å². The maximum atomic E-state index is 11.2. The van der Waals surface area contributed by atoms with E-state index in [1.165, 1.54) is 19.3 Å². The van der Waals surface area contributed by atoms with E-state index in [0.29, 0.717) is 23.7 Å². The lowest BCUT2D eigenvalue weighted by molar-refractivity contribution is -0.384. The fourth-order valence-corrected chi connectivity index (χ4v) is 5.88. The molecule has 2 aromatic rings. The topological polar surface area (TPSA) is 55.2 Å². The normalized spacial score (nSPS) is 32.0. The molecule has 0 unspecified atom stereocenters. The summed E-state index contributed by atoms with van der Waals surface area (Å²) < 4.78 is 0. The first-order valence-electron chi connectivity index (χ1n) is 8.93. The minimum Gasteiger partial charge on any atom is -0.378 e. The summed E-state index contributed by atoms with van der Waals surface area (Å²) in [5, 5.41) is 15.7. The van der Waals surface area contributed by atoms with Crippen LogP contribution in [0.3, 0.4) is 0 Å². The number of fused-ring (bicyclic) bond motifs is 7. The molecule has 2 aliphatic carbocycles. The molecule has 4 nitrogen and oxygen atoms in total. The maximum Gasteiger partial charge on any atom is 0.269 e. The van der Waals surface area contributed by atoms with Gasteiger partial charge in [-0.1, -0.05) is 29.8 Å². The van der Waals surface area contributed by atoms with Crippen LogP contribution in [0.25, 0.3) is 0 Å². The predicted molar refractivity (Wildman–Crippen MR) is 98.0 cm³/mol. The molecule has 0 spiro atoms. The Balaban J connectivity index is 1.65. The number of hydrogen-bond acceptors (Lipinski definition) is 3. The largest absolute Gasteiger partial charge is 0.378 e. The number of non-ortho nitro benzene ring substituents is 1. The van der Waals surface area contributed by atoms with Crippen LogP contribution in [0.1, 0.15) is 42.3 Å². The van der Waals surface area contributed by atoms with Gasteiger partial charge in [0.15, 0.2) is 0 Å². The first-order chi connectivity index (χ1) is 12.1. The van der Waals surface area contributed by atoms with Crippen LogP contribution >= 0.6 is 11.6 Å². The number of hydrogen-bond donors (Lipinski definition) is 1. The van der Waals surface area contributed by atoms with Crippen LogP contribution in [0, 0.1) is 27.9 Å². The molecule has 1 N–H and O–H groups in total. The van der Waals surface area contributed by atoms with Gasteiger partial charge in [-0.2, -0.15) is 0 Å². The highest BCUT2D eigenvalue weighted by molar-refractivity contribution is 6.31. The quantitative estimate of drug-likeness (QED) is 0.568. The van der Waals surface area contributed by atoms with Gasteiger partial charge in [0.05, 0.1) is 11.0 Å². The maximum absolute atomic E-state index is 11.2. The molecule has 5 heteroatoms. The third kappa shape index (κ3) is 2.20. The third-order valence-electron chi connectivity index (χ3n) is 6.52. The standard InChI is InChI=1S/C20H19ClN2O2/c21-16-4-2-1-3-14(16)20-19-12-6-5-11(9-12)18(19)15-10-13(23(24)25)7-8-17(15)22-20/h1-4,7-8,10-12,18-20,22H,5-6,9H2/t11-,12-,18+,19+,20+/m0/s1. The molecule has 25 heavy (non-hydrogen) atoms. The zero-order valence-corrected chi connectivity index (χ0v) is 14.4. The second-order valence-electron chi connectivity index (χ2n) is 7.61. The summed E-state index contributed by atoms with van der Waals surface area (Å²) in [4.78, 5) is 10.9. The fraction of sp³-hybridized carbons (Fsp3) is 0.400. The molecule has 2 bridgehead atoms. The van der Waals surface area contributed by atoms with Gasteiger partial charge in [-0.3, -0.25) is 10.1 Å². The van der Waals surface area contributed by atoms with Crippen molar-refractivity contribution in [3.05, 3.63) is 68.7 Å². The Morgan fingerprint density at radius 3 is 2.68 bits per heavy atom. The minimum absolute atomic E-state index is 0.183. The van der Waals surface area contributed by atoms with E-state index in [9.17, 15) is 10.1 Å². The number of halogens is 1. The van der Waals surface area contributed by atoms with Crippen LogP contribution < -0.4 is 5.32 Å². The lowest BCUT2D eigenvalue weighted by Crippen LogP contribution is -2.35. The predicted octanol–water partition coefficient (Wildman–Crippen LogP) is 5.54. The van der Waals surface area contributed by atoms with Crippen LogP contribution in [0.2, 0.25) is 5.02 Å². The summed E-state index contributed by atoms with van der Waals surface area (Å²) in [6.07, 6.45) is 3.74. The number of benzene rings is 2. The van der Waals surface area contributed by atoms with Gasteiger partial charge < -0.3 is 5.32 Å². The molecule has 0 amide bonds. The molecule has 128 valence electrons. The highest BCUT2D eigenvalue weighted by Gasteiger charge is 2.54. The summed E-state index contributed by atoms with van der Waals surface area (Å²) >= 11 is 6.51. The molecule has 0 radical (unpaired) electrons. The average molecular weight is 355 g/mol. The Bertz CT molecular complexity index is 869. The van der Waals surface area contributed by atoms with Gasteiger partial charge >= 0.3 is 0 Å². The van der Waals surface area contributed by atoms with E-state index >= 15 is 0 Å². The zero-order valence-electron chi connectivity index (χ0n) is 13.7. The Morgan fingerprint density at radius 2 is 1.88 bits per heavy atom. The highest BCUT2D eigenvalue weighted by atomic mass is 35.5. The van der Waals surface area contributed by atoms with Gasteiger partial charge in [-0.25, -0.2) is 0 Å². The van der Waals surface area contributed by atoms with Crippen LogP contribution in [0.15, 0.2) is 42.5 Å². The number of anilines is 1. The molecule has 2 saturated carbocycles. The first-order valence-corrected chi connectivity index (χ1v) is 9.30. The van der Waals surface area contributed by atoms with Gasteiger partial charge in [-0.05, 0) is 66.2 Å². The highest BCUT2D eigenvalue weighted by Crippen LogP contribution is 2.64. The van der Waals surface area contributed by atoms with E-state index in [1.54, 1.807) is 12.1 Å². The molecule has 1 aliphatic heterocycles. The second-order valence-corrected chi connectivity index (χ2v) is 8.02. The van der Waals surface area contributed by atoms with Gasteiger partial charge in [0.1, 0.15) is 0 Å². The molecule has 1 heterocycles. The van der Waals surface area contributed by atoms with E-state index in [1.807, 2.05) is 24.3 Å². The van der Waals surface area contributed by atoms with Crippen LogP contribution in [0.4, 0.5) is 11.4 Å². The van der Waals surface area contributed by atoms with Crippen molar-refractivity contribution in [1.29, 1.82) is 0 Å². The molecule has 5 atom stereocenters. The van der Waals surface area contributed by atoms with Crippen molar-refractivity contribution in [3.8, 4) is 0 Å². The second kappa shape index (κ2) is 5.46. The van der Waals surface area contributed by atoms with Crippen LogP contribution in [0.5, 0.6) is 0 Å². The van der Waals surface area contributed by atoms with Crippen molar-refractivity contribution in [2.75, 3.05) is 5.32 Å². The SMILES string of the molecule is O=[N+]([O-])c1ccc2c(c1)[C@H]1[C@H]3CC[C@@H](C3)[C@H]1[C@@H](c1ccccc1Cl)N2. The number of nitrogens with one attached hydrogen (secondary N) is 1. The molecular weight excluding hydrogens is 336 g/mol. The lowest BCUT2D eigenvalue weighted by atomic mass is 9.68. The summed E-state index contributed by atoms with van der Waals surface area (Å²) in [6, 6.07) is 13.5. The fourth-order valence-electron chi connectivity index (χ4n) is 5.62. The van der Waals surface area contributed by atoms with Crippen LogP contribution in [-0.2, 0) is 0 Å². The van der Waals surface area contributed by atoms with Gasteiger partial charge in [0.25, 0.3) is 5.69 Å². The molecule has 2 aromatic carbocycles. The molecule has 0 saturated heterocycles. The lowest BCUT2D eigenvalue weighted by Gasteiger charge is -2.43. The van der Waals surface area contributed by atoms with Crippen molar-refractivity contribution < 1.29 is 4.92 Å². The summed E-state index contributed by atoms with van der Waals surface area (Å²) in [7, 11) is 0. The Labute approximate surface area is 151 Å². The molecular formula is C20H19ClN2O2. The van der Waals surface area contributed by atoms with Crippen molar-refractivity contribution in [1.82, 2.24) is 0 Å². The Hall–Kier alpha value is -2.07. The van der Waals surface area contributed by atoms with Crippen molar-refractivity contribution in [2.24, 2.45) is 17.8 Å². The summed E-state index contributed by atoms with van der Waals surface area (Å²) in [5.74, 6) is 2.18. The first kappa shape index (κ1) is 15.2. The van der Waals surface area contributed by atoms with Crippen LogP contribution in [-0.4, -0.2) is 4.92 Å². The average Bonchev–Trinajstić information content (AvgIpc) is 3.23. The van der Waals surface area contributed by atoms with Gasteiger partial charge in [0, 0.05) is 22.8 Å². The van der Waals surface area contributed by atoms with Gasteiger partial charge in [-0.15, -0.1) is 0 Å². The molecule has 0 aromatic heterocycles. The summed E-state index contributed by atoms with van der Waals surface area (Å²) in [5.41, 5.74) is 3.51. The van der Waals surface area contributed by atoms with E-state index in [-0.39, 0.29) is 16.7 Å². The number of nitrogens with zero attached hydrogens (tertiary/aromatic N) is 1. The number of rotatable bonds is 2. The molecule has 2 fully saturated rings. The minimum atomic E-state index is -0.289. The Kier molecular flexibility index (Phi) is 3.32. The third-order valence-corrected chi connectivity index (χ3v) is 6.87. The molecule has 5 rings (SSSR count). The molecule has 3 aliphatic rings. The number of nitro groups is 1. The van der Waals surface area contributed by atoms with E-state index in [0.717, 1.165) is 21.8 Å². The zero-order chi connectivity index (χ0) is 17.1. The van der Waals surface area contributed by atoms with Crippen molar-refractivity contribution in [3.63, 3.8) is 0 Å². The summed E-state index contributed by atoms with van der Waals surface area (Å²) in [6.45, 7) is 0. The van der Waals surface area contributed by atoms with Gasteiger partial charge in [0.2, 0.25) is 0 Å². The monoisotopic (exact) mass is 354 g/mol.